The van der Waals surface area contributed by atoms with E-state index >= 15 is 0 Å². The number of hydrogen-bond acceptors (Lipinski definition) is 2. The Hall–Kier alpha value is -2.30. The van der Waals surface area contributed by atoms with Crippen molar-refractivity contribution in [3.8, 4) is 0 Å². The molecule has 2 aromatic rings. The van der Waals surface area contributed by atoms with Gasteiger partial charge in [0.15, 0.2) is 0 Å². The Morgan fingerprint density at radius 1 is 1.33 bits per heavy atom. The van der Waals surface area contributed by atoms with Crippen molar-refractivity contribution < 1.29 is 9.59 Å². The quantitative estimate of drug-likeness (QED) is 0.782. The molecular formula is C16H19N3O2. The lowest BCUT2D eigenvalue weighted by molar-refractivity contribution is -0.122. The van der Waals surface area contributed by atoms with Gasteiger partial charge in [-0.2, -0.15) is 0 Å². The normalized spacial score (nSPS) is 20.2. The molecule has 3 rings (SSSR count). The minimum absolute atomic E-state index is 0.0941. The van der Waals surface area contributed by atoms with Crippen LogP contribution in [0.25, 0.3) is 10.9 Å². The van der Waals surface area contributed by atoms with Gasteiger partial charge in [0, 0.05) is 30.4 Å². The molecule has 1 aromatic carbocycles. The minimum Gasteiger partial charge on any atom is -0.359 e. The Labute approximate surface area is 123 Å². The molecule has 1 aliphatic carbocycles. The average Bonchev–Trinajstić information content (AvgIpc) is 3.13. The fourth-order valence-electron chi connectivity index (χ4n) is 2.74. The number of benzene rings is 1. The van der Waals surface area contributed by atoms with Crippen LogP contribution < -0.4 is 10.6 Å². The number of fused-ring (bicyclic) bond motifs is 1. The number of aromatic nitrogens is 1. The molecule has 5 heteroatoms. The van der Waals surface area contributed by atoms with Crippen molar-refractivity contribution in [2.75, 3.05) is 13.6 Å². The lowest BCUT2D eigenvalue weighted by Crippen LogP contribution is -2.26. The number of hydrogen-bond donors (Lipinski definition) is 3. The second-order valence-corrected chi connectivity index (χ2v) is 5.53. The second kappa shape index (κ2) is 5.60. The van der Waals surface area contributed by atoms with Gasteiger partial charge in [-0.25, -0.2) is 0 Å². The highest BCUT2D eigenvalue weighted by Gasteiger charge is 2.41. The van der Waals surface area contributed by atoms with Crippen molar-refractivity contribution in [3.63, 3.8) is 0 Å². The highest BCUT2D eigenvalue weighted by Crippen LogP contribution is 2.40. The lowest BCUT2D eigenvalue weighted by Gasteiger charge is -2.03. The number of carbonyl (C=O) groups excluding carboxylic acids is 2. The molecule has 5 nitrogen and oxygen atoms in total. The number of H-pyrrole nitrogens is 1. The summed E-state index contributed by atoms with van der Waals surface area (Å²) in [4.78, 5) is 26.6. The maximum atomic E-state index is 12.1. The lowest BCUT2D eigenvalue weighted by atomic mass is 10.2. The molecule has 1 aliphatic rings. The molecule has 1 saturated carbocycles. The average molecular weight is 285 g/mol. The van der Waals surface area contributed by atoms with E-state index in [0.717, 1.165) is 23.7 Å². The van der Waals surface area contributed by atoms with E-state index in [2.05, 4.69) is 15.6 Å². The molecule has 1 fully saturated rings. The van der Waals surface area contributed by atoms with E-state index in [4.69, 9.17) is 0 Å². The molecule has 0 spiro atoms. The Morgan fingerprint density at radius 3 is 2.90 bits per heavy atom. The Balaban J connectivity index is 1.50. The highest BCUT2D eigenvalue weighted by molar-refractivity contribution is 5.97. The van der Waals surface area contributed by atoms with Crippen molar-refractivity contribution >= 4 is 22.7 Å². The van der Waals surface area contributed by atoms with E-state index < -0.39 is 0 Å². The van der Waals surface area contributed by atoms with Crippen molar-refractivity contribution in [1.82, 2.24) is 15.6 Å². The summed E-state index contributed by atoms with van der Waals surface area (Å²) in [6.07, 6.45) is 1.78. The smallest absolute Gasteiger partial charge is 0.267 e. The zero-order valence-corrected chi connectivity index (χ0v) is 12.0. The number of carbonyl (C=O) groups is 2. The van der Waals surface area contributed by atoms with Gasteiger partial charge in [0.25, 0.3) is 5.91 Å². The third kappa shape index (κ3) is 2.91. The SMILES string of the molecule is CNC(=O)[C@@H]1C[C@H]1CCNC(=O)c1cc2ccccc2[nH]1. The summed E-state index contributed by atoms with van der Waals surface area (Å²) in [6, 6.07) is 9.66. The first-order valence-corrected chi connectivity index (χ1v) is 7.26. The van der Waals surface area contributed by atoms with E-state index in [9.17, 15) is 9.59 Å². The molecule has 0 saturated heterocycles. The van der Waals surface area contributed by atoms with E-state index in [1.165, 1.54) is 0 Å². The molecular weight excluding hydrogens is 266 g/mol. The zero-order valence-electron chi connectivity index (χ0n) is 12.0. The third-order valence-electron chi connectivity index (χ3n) is 4.08. The summed E-state index contributed by atoms with van der Waals surface area (Å²) in [5, 5.41) is 6.60. The van der Waals surface area contributed by atoms with Gasteiger partial charge in [0.1, 0.15) is 5.69 Å². The molecule has 2 atom stereocenters. The van der Waals surface area contributed by atoms with Crippen LogP contribution in [-0.2, 0) is 4.79 Å². The van der Waals surface area contributed by atoms with Crippen LogP contribution in [0.15, 0.2) is 30.3 Å². The number of rotatable bonds is 5. The number of amides is 2. The van der Waals surface area contributed by atoms with Gasteiger partial charge in [-0.15, -0.1) is 0 Å². The molecule has 21 heavy (non-hydrogen) atoms. The van der Waals surface area contributed by atoms with Crippen LogP contribution in [0.3, 0.4) is 0 Å². The largest absolute Gasteiger partial charge is 0.359 e. The molecule has 110 valence electrons. The van der Waals surface area contributed by atoms with Gasteiger partial charge in [-0.3, -0.25) is 9.59 Å². The van der Waals surface area contributed by atoms with Crippen molar-refractivity contribution in [3.05, 3.63) is 36.0 Å². The predicted octanol–water partition coefficient (Wildman–Crippen LogP) is 1.67. The van der Waals surface area contributed by atoms with E-state index in [-0.39, 0.29) is 17.7 Å². The van der Waals surface area contributed by atoms with Gasteiger partial charge >= 0.3 is 0 Å². The van der Waals surface area contributed by atoms with Crippen LogP contribution in [0.2, 0.25) is 0 Å². The Morgan fingerprint density at radius 2 is 2.14 bits per heavy atom. The van der Waals surface area contributed by atoms with Crippen LogP contribution in [0.4, 0.5) is 0 Å². The second-order valence-electron chi connectivity index (χ2n) is 5.53. The molecule has 1 aromatic heterocycles. The fourth-order valence-corrected chi connectivity index (χ4v) is 2.74. The van der Waals surface area contributed by atoms with Crippen molar-refractivity contribution in [2.24, 2.45) is 11.8 Å². The number of nitrogens with one attached hydrogen (secondary N) is 3. The molecule has 0 unspecified atom stereocenters. The minimum atomic E-state index is -0.0941. The molecule has 0 radical (unpaired) electrons. The predicted molar refractivity (Wildman–Crippen MR) is 80.9 cm³/mol. The van der Waals surface area contributed by atoms with Gasteiger partial charge < -0.3 is 15.6 Å². The number of aromatic amines is 1. The van der Waals surface area contributed by atoms with Gasteiger partial charge in [0.2, 0.25) is 5.91 Å². The molecule has 0 aliphatic heterocycles. The molecule has 1 heterocycles. The summed E-state index contributed by atoms with van der Waals surface area (Å²) < 4.78 is 0. The maximum Gasteiger partial charge on any atom is 0.267 e. The van der Waals surface area contributed by atoms with E-state index in [0.29, 0.717) is 18.2 Å². The van der Waals surface area contributed by atoms with Crippen LogP contribution in [0, 0.1) is 11.8 Å². The topological polar surface area (TPSA) is 74.0 Å². The molecule has 2 amide bonds. The van der Waals surface area contributed by atoms with E-state index in [1.54, 1.807) is 7.05 Å². The van der Waals surface area contributed by atoms with Crippen LogP contribution >= 0.6 is 0 Å². The molecule has 3 N–H and O–H groups in total. The standard InChI is InChI=1S/C16H19N3O2/c1-17-15(20)12-8-10(12)6-7-18-16(21)14-9-11-4-2-3-5-13(11)19-14/h2-5,9-10,12,19H,6-8H2,1H3,(H,17,20)(H,18,21)/t10-,12-/m1/s1. The first kappa shape index (κ1) is 13.7. The van der Waals surface area contributed by atoms with Gasteiger partial charge in [-0.05, 0) is 30.9 Å². The summed E-state index contributed by atoms with van der Waals surface area (Å²) >= 11 is 0. The monoisotopic (exact) mass is 285 g/mol. The summed E-state index contributed by atoms with van der Waals surface area (Å²) in [6.45, 7) is 0.604. The first-order valence-electron chi connectivity index (χ1n) is 7.26. The third-order valence-corrected chi connectivity index (χ3v) is 4.08. The van der Waals surface area contributed by atoms with Gasteiger partial charge in [-0.1, -0.05) is 18.2 Å². The maximum absolute atomic E-state index is 12.1. The van der Waals surface area contributed by atoms with Crippen molar-refractivity contribution in [1.29, 1.82) is 0 Å². The summed E-state index contributed by atoms with van der Waals surface area (Å²) in [5.74, 6) is 0.568. The Kier molecular flexibility index (Phi) is 3.64. The van der Waals surface area contributed by atoms with Crippen LogP contribution in [0.5, 0.6) is 0 Å². The fraction of sp³-hybridized carbons (Fsp3) is 0.375. The van der Waals surface area contributed by atoms with Crippen LogP contribution in [0.1, 0.15) is 23.3 Å². The van der Waals surface area contributed by atoms with Crippen molar-refractivity contribution in [2.45, 2.75) is 12.8 Å². The first-order chi connectivity index (χ1) is 10.2. The molecule has 0 bridgehead atoms. The van der Waals surface area contributed by atoms with Gasteiger partial charge in [0.05, 0.1) is 0 Å². The summed E-state index contributed by atoms with van der Waals surface area (Å²) in [5.41, 5.74) is 1.54. The van der Waals surface area contributed by atoms with E-state index in [1.807, 2.05) is 30.3 Å². The summed E-state index contributed by atoms with van der Waals surface area (Å²) in [7, 11) is 1.66. The highest BCUT2D eigenvalue weighted by atomic mass is 16.2. The Bertz CT molecular complexity index is 644. The zero-order chi connectivity index (χ0) is 14.8. The number of para-hydroxylation sites is 1. The van der Waals surface area contributed by atoms with Crippen LogP contribution in [-0.4, -0.2) is 30.4 Å².